The van der Waals surface area contributed by atoms with Crippen LogP contribution in [0.1, 0.15) is 5.01 Å². The van der Waals surface area contributed by atoms with Crippen molar-refractivity contribution in [1.29, 1.82) is 0 Å². The lowest BCUT2D eigenvalue weighted by molar-refractivity contribution is -0.0552. The summed E-state index contributed by atoms with van der Waals surface area (Å²) in [5.74, 6) is -1.13. The Bertz CT molecular complexity index is 999. The predicted molar refractivity (Wildman–Crippen MR) is 96.0 cm³/mol. The number of benzene rings is 1. The van der Waals surface area contributed by atoms with Gasteiger partial charge in [0.1, 0.15) is 33.9 Å². The van der Waals surface area contributed by atoms with E-state index in [0.29, 0.717) is 5.01 Å². The molecule has 150 valence electrons. The van der Waals surface area contributed by atoms with E-state index in [1.165, 1.54) is 20.2 Å². The molecule has 0 aliphatic rings. The number of aromatic nitrogens is 4. The van der Waals surface area contributed by atoms with Crippen LogP contribution >= 0.6 is 34.5 Å². The number of aryl methyl sites for hydroxylation is 1. The van der Waals surface area contributed by atoms with Gasteiger partial charge in [-0.25, -0.2) is 9.07 Å². The average molecular weight is 455 g/mol. The van der Waals surface area contributed by atoms with E-state index in [4.69, 9.17) is 32.7 Å². The van der Waals surface area contributed by atoms with Gasteiger partial charge in [0.25, 0.3) is 5.19 Å². The Balaban J connectivity index is 1.98. The van der Waals surface area contributed by atoms with Crippen LogP contribution < -0.4 is 9.47 Å². The van der Waals surface area contributed by atoms with Crippen molar-refractivity contribution in [2.45, 2.75) is 13.2 Å². The summed E-state index contributed by atoms with van der Waals surface area (Å²) in [7, 11) is 2.84. The minimum Gasteiger partial charge on any atom is -0.428 e. The lowest BCUT2D eigenvalue weighted by Gasteiger charge is -2.08. The fourth-order valence-electron chi connectivity index (χ4n) is 2.21. The van der Waals surface area contributed by atoms with Crippen molar-refractivity contribution in [2.75, 3.05) is 7.11 Å². The van der Waals surface area contributed by atoms with Gasteiger partial charge >= 0.3 is 6.61 Å². The molecule has 0 amide bonds. The second-order valence-electron chi connectivity index (χ2n) is 5.23. The number of hydrogen-bond acceptors (Lipinski definition) is 7. The molecule has 2 aromatic heterocycles. The predicted octanol–water partition coefficient (Wildman–Crippen LogP) is 4.92. The van der Waals surface area contributed by atoms with E-state index >= 15 is 0 Å². The Labute approximate surface area is 170 Å². The number of rotatable bonds is 7. The van der Waals surface area contributed by atoms with E-state index in [1.807, 2.05) is 0 Å². The standard InChI is InChI=1S/C15H11Cl2F3N4O3S/c1-24-13(27-14(19)20)11(17)12(23-24)6-3-9(7(16)4-8(6)18)26-15-22-21-10(28-15)5-25-2/h3-4,14H,5H2,1-2H3. The molecule has 0 saturated carbocycles. The Morgan fingerprint density at radius 1 is 1.25 bits per heavy atom. The maximum atomic E-state index is 14.5. The van der Waals surface area contributed by atoms with Crippen LogP contribution in [0.2, 0.25) is 10.0 Å². The minimum absolute atomic E-state index is 0.0409. The molecule has 0 bridgehead atoms. The van der Waals surface area contributed by atoms with Crippen LogP contribution in [-0.2, 0) is 18.4 Å². The summed E-state index contributed by atoms with van der Waals surface area (Å²) in [5.41, 5.74) is -0.234. The van der Waals surface area contributed by atoms with Gasteiger partial charge in [-0.15, -0.1) is 5.10 Å². The zero-order valence-corrected chi connectivity index (χ0v) is 16.6. The largest absolute Gasteiger partial charge is 0.428 e. The summed E-state index contributed by atoms with van der Waals surface area (Å²) < 4.78 is 55.3. The number of ether oxygens (including phenoxy) is 3. The molecule has 0 N–H and O–H groups in total. The molecule has 7 nitrogen and oxygen atoms in total. The van der Waals surface area contributed by atoms with Crippen molar-refractivity contribution in [2.24, 2.45) is 7.05 Å². The molecule has 2 heterocycles. The number of hydrogen-bond donors (Lipinski definition) is 0. The van der Waals surface area contributed by atoms with Crippen LogP contribution in [0.4, 0.5) is 13.2 Å². The van der Waals surface area contributed by atoms with Gasteiger partial charge in [0.15, 0.2) is 0 Å². The van der Waals surface area contributed by atoms with Crippen molar-refractivity contribution in [3.05, 3.63) is 33.0 Å². The number of nitrogens with zero attached hydrogens (tertiary/aromatic N) is 4. The van der Waals surface area contributed by atoms with Gasteiger partial charge in [0.05, 0.1) is 5.02 Å². The highest BCUT2D eigenvalue weighted by Gasteiger charge is 2.24. The molecule has 0 radical (unpaired) electrons. The van der Waals surface area contributed by atoms with E-state index in [-0.39, 0.29) is 38.9 Å². The third kappa shape index (κ3) is 4.32. The average Bonchev–Trinajstić information content (AvgIpc) is 3.17. The SMILES string of the molecule is COCc1nnc(Oc2cc(-c3nn(C)c(OC(F)F)c3Cl)c(F)cc2Cl)s1. The summed E-state index contributed by atoms with van der Waals surface area (Å²) in [4.78, 5) is 0. The molecule has 3 aromatic rings. The van der Waals surface area contributed by atoms with E-state index in [1.54, 1.807) is 0 Å². The Hall–Kier alpha value is -2.08. The van der Waals surface area contributed by atoms with Crippen molar-refractivity contribution >= 4 is 34.5 Å². The third-order valence-electron chi connectivity index (χ3n) is 3.33. The zero-order valence-electron chi connectivity index (χ0n) is 14.3. The van der Waals surface area contributed by atoms with Crippen LogP contribution in [0.25, 0.3) is 11.3 Å². The first-order valence-corrected chi connectivity index (χ1v) is 9.03. The molecular weight excluding hydrogens is 444 g/mol. The van der Waals surface area contributed by atoms with Gasteiger partial charge in [-0.05, 0) is 12.1 Å². The first kappa shape index (κ1) is 20.6. The van der Waals surface area contributed by atoms with Gasteiger partial charge < -0.3 is 14.2 Å². The first-order valence-electron chi connectivity index (χ1n) is 7.46. The first-order chi connectivity index (χ1) is 13.3. The van der Waals surface area contributed by atoms with Crippen LogP contribution in [0.3, 0.4) is 0 Å². The Kier molecular flexibility index (Phi) is 6.28. The molecule has 0 unspecified atom stereocenters. The fraction of sp³-hybridized carbons (Fsp3) is 0.267. The zero-order chi connectivity index (χ0) is 20.4. The van der Waals surface area contributed by atoms with Gasteiger partial charge in [-0.3, -0.25) is 0 Å². The number of halogens is 5. The van der Waals surface area contributed by atoms with Crippen molar-refractivity contribution in [3.8, 4) is 28.1 Å². The summed E-state index contributed by atoms with van der Waals surface area (Å²) >= 11 is 13.2. The summed E-state index contributed by atoms with van der Waals surface area (Å²) in [6.07, 6.45) is 0. The quantitative estimate of drug-likeness (QED) is 0.504. The molecular formula is C15H11Cl2F3N4O3S. The molecule has 3 rings (SSSR count). The lowest BCUT2D eigenvalue weighted by atomic mass is 10.1. The van der Waals surface area contributed by atoms with Gasteiger partial charge in [-0.1, -0.05) is 39.6 Å². The molecule has 0 fully saturated rings. The number of alkyl halides is 2. The van der Waals surface area contributed by atoms with Crippen molar-refractivity contribution in [3.63, 3.8) is 0 Å². The molecule has 0 atom stereocenters. The van der Waals surface area contributed by atoms with E-state index in [2.05, 4.69) is 20.0 Å². The molecule has 0 aliphatic heterocycles. The smallest absolute Gasteiger partial charge is 0.388 e. The molecule has 13 heteroatoms. The third-order valence-corrected chi connectivity index (χ3v) is 4.74. The molecule has 1 aromatic carbocycles. The minimum atomic E-state index is -3.12. The number of methoxy groups -OCH3 is 1. The fourth-order valence-corrected chi connectivity index (χ4v) is 3.38. The van der Waals surface area contributed by atoms with E-state index in [9.17, 15) is 13.2 Å². The van der Waals surface area contributed by atoms with Crippen LogP contribution in [0.5, 0.6) is 16.8 Å². The normalized spacial score (nSPS) is 11.3. The lowest BCUT2D eigenvalue weighted by Crippen LogP contribution is -2.06. The summed E-state index contributed by atoms with van der Waals surface area (Å²) in [6, 6.07) is 2.22. The highest BCUT2D eigenvalue weighted by Crippen LogP contribution is 2.41. The second kappa shape index (κ2) is 8.52. The van der Waals surface area contributed by atoms with Crippen LogP contribution in [0.15, 0.2) is 12.1 Å². The van der Waals surface area contributed by atoms with Gasteiger partial charge in [0.2, 0.25) is 5.88 Å². The van der Waals surface area contributed by atoms with Gasteiger partial charge in [0, 0.05) is 19.7 Å². The Morgan fingerprint density at radius 2 is 2.00 bits per heavy atom. The highest BCUT2D eigenvalue weighted by atomic mass is 35.5. The van der Waals surface area contributed by atoms with Crippen LogP contribution in [-0.4, -0.2) is 33.7 Å². The monoisotopic (exact) mass is 454 g/mol. The molecule has 0 spiro atoms. The summed E-state index contributed by atoms with van der Waals surface area (Å²) in [6.45, 7) is -2.87. The molecule has 0 aliphatic carbocycles. The van der Waals surface area contributed by atoms with Crippen molar-refractivity contribution in [1.82, 2.24) is 20.0 Å². The van der Waals surface area contributed by atoms with Crippen LogP contribution in [0, 0.1) is 5.82 Å². The van der Waals surface area contributed by atoms with E-state index < -0.39 is 18.3 Å². The highest BCUT2D eigenvalue weighted by molar-refractivity contribution is 7.13. The second-order valence-corrected chi connectivity index (χ2v) is 7.04. The Morgan fingerprint density at radius 3 is 2.68 bits per heavy atom. The maximum absolute atomic E-state index is 14.5. The van der Waals surface area contributed by atoms with E-state index in [0.717, 1.165) is 22.1 Å². The summed E-state index contributed by atoms with van der Waals surface area (Å²) in [5, 5.41) is 12.0. The topological polar surface area (TPSA) is 71.3 Å². The molecule has 28 heavy (non-hydrogen) atoms. The molecule has 0 saturated heterocycles. The van der Waals surface area contributed by atoms with Crippen molar-refractivity contribution < 1.29 is 27.4 Å². The maximum Gasteiger partial charge on any atom is 0.388 e. The van der Waals surface area contributed by atoms with Gasteiger partial charge in [-0.2, -0.15) is 13.9 Å².